The zero-order valence-electron chi connectivity index (χ0n) is 13.3. The molecule has 0 aromatic carbocycles. The lowest BCUT2D eigenvalue weighted by atomic mass is 10.2. The van der Waals surface area contributed by atoms with Gasteiger partial charge in [-0.15, -0.1) is 11.3 Å². The van der Waals surface area contributed by atoms with Crippen LogP contribution in [0.4, 0.5) is 11.8 Å². The Morgan fingerprint density at radius 2 is 2.00 bits per heavy atom. The van der Waals surface area contributed by atoms with Crippen molar-refractivity contribution in [2.75, 3.05) is 17.2 Å². The first-order valence-corrected chi connectivity index (χ1v) is 8.11. The van der Waals surface area contributed by atoms with Crippen LogP contribution in [0.1, 0.15) is 47.5 Å². The highest BCUT2D eigenvalue weighted by atomic mass is 32.1. The Kier molecular flexibility index (Phi) is 5.12. The van der Waals surface area contributed by atoms with Gasteiger partial charge in [0.2, 0.25) is 5.95 Å². The zero-order chi connectivity index (χ0) is 15.4. The van der Waals surface area contributed by atoms with Crippen molar-refractivity contribution >= 4 is 23.1 Å². The van der Waals surface area contributed by atoms with Crippen molar-refractivity contribution < 1.29 is 0 Å². The average molecular weight is 305 g/mol. The lowest BCUT2D eigenvalue weighted by Crippen LogP contribution is -2.12. The molecule has 0 spiro atoms. The van der Waals surface area contributed by atoms with Gasteiger partial charge in [0.15, 0.2) is 0 Å². The topological polar surface area (TPSA) is 62.7 Å². The molecule has 5 nitrogen and oxygen atoms in total. The highest BCUT2D eigenvalue weighted by Gasteiger charge is 2.14. The molecule has 114 valence electrons. The minimum Gasteiger partial charge on any atom is -0.362 e. The minimum atomic E-state index is 0.184. The van der Waals surface area contributed by atoms with Crippen molar-refractivity contribution in [3.05, 3.63) is 27.3 Å². The van der Waals surface area contributed by atoms with Crippen molar-refractivity contribution in [1.82, 2.24) is 15.0 Å². The van der Waals surface area contributed by atoms with E-state index in [2.05, 4.69) is 46.4 Å². The number of aryl methyl sites for hydroxylation is 3. The molecule has 6 heteroatoms. The Morgan fingerprint density at radius 3 is 2.62 bits per heavy atom. The molecule has 0 saturated heterocycles. The first-order chi connectivity index (χ1) is 10.0. The second-order valence-corrected chi connectivity index (χ2v) is 6.44. The van der Waals surface area contributed by atoms with Gasteiger partial charge in [-0.2, -0.15) is 4.98 Å². The molecule has 0 fully saturated rings. The van der Waals surface area contributed by atoms with E-state index in [1.54, 1.807) is 11.3 Å². The lowest BCUT2D eigenvalue weighted by molar-refractivity contribution is 0.870. The van der Waals surface area contributed by atoms with E-state index < -0.39 is 0 Å². The standard InChI is InChI=1S/C15H23N5S/c1-6-7-16-15-17-8-9(2)14(20-15)19-11(4)13-10(3)18-12(5)21-13/h8,11H,6-7H2,1-5H3,(H2,16,17,19,20). The van der Waals surface area contributed by atoms with Gasteiger partial charge in [0.05, 0.1) is 16.7 Å². The summed E-state index contributed by atoms with van der Waals surface area (Å²) in [5.74, 6) is 1.55. The molecule has 2 N–H and O–H groups in total. The van der Waals surface area contributed by atoms with Gasteiger partial charge in [0, 0.05) is 23.2 Å². The van der Waals surface area contributed by atoms with Crippen molar-refractivity contribution in [2.45, 2.75) is 47.1 Å². The van der Waals surface area contributed by atoms with Crippen LogP contribution < -0.4 is 10.6 Å². The van der Waals surface area contributed by atoms with E-state index in [1.807, 2.05) is 20.0 Å². The molecular weight excluding hydrogens is 282 g/mol. The summed E-state index contributed by atoms with van der Waals surface area (Å²) in [4.78, 5) is 14.6. The molecule has 0 aliphatic heterocycles. The van der Waals surface area contributed by atoms with E-state index in [1.165, 1.54) is 4.88 Å². The molecule has 0 aliphatic carbocycles. The molecule has 0 bridgehead atoms. The summed E-state index contributed by atoms with van der Waals surface area (Å²) < 4.78 is 0. The van der Waals surface area contributed by atoms with Crippen LogP contribution in [0.3, 0.4) is 0 Å². The van der Waals surface area contributed by atoms with E-state index in [0.29, 0.717) is 5.95 Å². The molecule has 21 heavy (non-hydrogen) atoms. The molecule has 2 aromatic rings. The smallest absolute Gasteiger partial charge is 0.224 e. The number of thiazole rings is 1. The number of anilines is 2. The van der Waals surface area contributed by atoms with E-state index in [-0.39, 0.29) is 6.04 Å². The Hall–Kier alpha value is -1.69. The first-order valence-electron chi connectivity index (χ1n) is 7.29. The number of hydrogen-bond donors (Lipinski definition) is 2. The number of aromatic nitrogens is 3. The van der Waals surface area contributed by atoms with Gasteiger partial charge in [0.1, 0.15) is 5.82 Å². The fraction of sp³-hybridized carbons (Fsp3) is 0.533. The van der Waals surface area contributed by atoms with Crippen LogP contribution in [0, 0.1) is 20.8 Å². The van der Waals surface area contributed by atoms with Gasteiger partial charge in [0.25, 0.3) is 0 Å². The molecule has 0 radical (unpaired) electrons. The van der Waals surface area contributed by atoms with Crippen LogP contribution in [0.2, 0.25) is 0 Å². The Bertz CT molecular complexity index is 608. The summed E-state index contributed by atoms with van der Waals surface area (Å²) in [6, 6.07) is 0.184. The Labute approximate surface area is 130 Å². The summed E-state index contributed by atoms with van der Waals surface area (Å²) in [6.07, 6.45) is 2.90. The van der Waals surface area contributed by atoms with Crippen LogP contribution in [-0.4, -0.2) is 21.5 Å². The summed E-state index contributed by atoms with van der Waals surface area (Å²) in [7, 11) is 0. The fourth-order valence-electron chi connectivity index (χ4n) is 2.13. The predicted octanol–water partition coefficient (Wildman–Crippen LogP) is 3.85. The largest absolute Gasteiger partial charge is 0.362 e. The van der Waals surface area contributed by atoms with Crippen molar-refractivity contribution in [1.29, 1.82) is 0 Å². The van der Waals surface area contributed by atoms with E-state index in [4.69, 9.17) is 0 Å². The van der Waals surface area contributed by atoms with Gasteiger partial charge in [-0.05, 0) is 34.1 Å². The SMILES string of the molecule is CCCNc1ncc(C)c(NC(C)c2sc(C)nc2C)n1. The second-order valence-electron chi connectivity index (χ2n) is 5.20. The molecule has 1 unspecified atom stereocenters. The van der Waals surface area contributed by atoms with Crippen LogP contribution >= 0.6 is 11.3 Å². The molecule has 1 atom stereocenters. The third kappa shape index (κ3) is 3.91. The van der Waals surface area contributed by atoms with E-state index in [0.717, 1.165) is 35.0 Å². The molecule has 0 amide bonds. The maximum atomic E-state index is 4.56. The predicted molar refractivity (Wildman–Crippen MR) is 89.2 cm³/mol. The third-order valence-electron chi connectivity index (χ3n) is 3.19. The van der Waals surface area contributed by atoms with E-state index >= 15 is 0 Å². The molecule has 2 aromatic heterocycles. The third-order valence-corrected chi connectivity index (χ3v) is 4.45. The van der Waals surface area contributed by atoms with Crippen LogP contribution in [-0.2, 0) is 0 Å². The fourth-order valence-corrected chi connectivity index (χ4v) is 3.06. The maximum Gasteiger partial charge on any atom is 0.224 e. The number of rotatable bonds is 6. The lowest BCUT2D eigenvalue weighted by Gasteiger charge is -2.16. The highest BCUT2D eigenvalue weighted by molar-refractivity contribution is 7.11. The van der Waals surface area contributed by atoms with Crippen LogP contribution in [0.15, 0.2) is 6.20 Å². The molecular formula is C15H23N5S. The quantitative estimate of drug-likeness (QED) is 0.848. The van der Waals surface area contributed by atoms with Crippen molar-refractivity contribution in [2.24, 2.45) is 0 Å². The summed E-state index contributed by atoms with van der Waals surface area (Å²) in [6.45, 7) is 11.3. The molecule has 0 saturated carbocycles. The highest BCUT2D eigenvalue weighted by Crippen LogP contribution is 2.28. The molecule has 0 aliphatic rings. The Morgan fingerprint density at radius 1 is 1.24 bits per heavy atom. The first kappa shape index (κ1) is 15.7. The molecule has 2 heterocycles. The van der Waals surface area contributed by atoms with Gasteiger partial charge in [-0.25, -0.2) is 9.97 Å². The number of nitrogens with zero attached hydrogens (tertiary/aromatic N) is 3. The maximum absolute atomic E-state index is 4.56. The van der Waals surface area contributed by atoms with Crippen LogP contribution in [0.5, 0.6) is 0 Å². The van der Waals surface area contributed by atoms with Crippen molar-refractivity contribution in [3.8, 4) is 0 Å². The van der Waals surface area contributed by atoms with Crippen LogP contribution in [0.25, 0.3) is 0 Å². The average Bonchev–Trinajstić information content (AvgIpc) is 2.78. The van der Waals surface area contributed by atoms with Gasteiger partial charge in [-0.3, -0.25) is 0 Å². The monoisotopic (exact) mass is 305 g/mol. The van der Waals surface area contributed by atoms with E-state index in [9.17, 15) is 0 Å². The summed E-state index contributed by atoms with van der Waals surface area (Å²) in [5, 5.41) is 7.79. The normalized spacial score (nSPS) is 12.2. The minimum absolute atomic E-state index is 0.184. The van der Waals surface area contributed by atoms with Gasteiger partial charge >= 0.3 is 0 Å². The Balaban J connectivity index is 2.16. The van der Waals surface area contributed by atoms with Crippen molar-refractivity contribution in [3.63, 3.8) is 0 Å². The summed E-state index contributed by atoms with van der Waals surface area (Å²) in [5.41, 5.74) is 2.14. The molecule has 2 rings (SSSR count). The second kappa shape index (κ2) is 6.85. The van der Waals surface area contributed by atoms with Gasteiger partial charge in [-0.1, -0.05) is 6.92 Å². The summed E-state index contributed by atoms with van der Waals surface area (Å²) >= 11 is 1.73. The number of nitrogens with one attached hydrogen (secondary N) is 2. The zero-order valence-corrected chi connectivity index (χ0v) is 14.1. The van der Waals surface area contributed by atoms with Gasteiger partial charge < -0.3 is 10.6 Å². The number of hydrogen-bond acceptors (Lipinski definition) is 6.